The van der Waals surface area contributed by atoms with Gasteiger partial charge in [0.1, 0.15) is 23.0 Å². The van der Waals surface area contributed by atoms with Gasteiger partial charge in [-0.05, 0) is 68.9 Å². The fourth-order valence-electron chi connectivity index (χ4n) is 5.46. The molecule has 0 bridgehead atoms. The molecule has 7 heteroatoms. The van der Waals surface area contributed by atoms with E-state index >= 15 is 0 Å². The van der Waals surface area contributed by atoms with Gasteiger partial charge in [0.2, 0.25) is 0 Å². The lowest BCUT2D eigenvalue weighted by Gasteiger charge is -2.48. The van der Waals surface area contributed by atoms with Crippen LogP contribution >= 0.6 is 0 Å². The van der Waals surface area contributed by atoms with Gasteiger partial charge in [-0.15, -0.1) is 0 Å². The van der Waals surface area contributed by atoms with E-state index in [0.717, 1.165) is 49.0 Å². The Hall–Kier alpha value is -3.37. The molecule has 3 heterocycles. The number of piperazine rings is 1. The van der Waals surface area contributed by atoms with Gasteiger partial charge in [-0.3, -0.25) is 9.69 Å². The summed E-state index contributed by atoms with van der Waals surface area (Å²) in [6, 6.07) is 16.7. The summed E-state index contributed by atoms with van der Waals surface area (Å²) in [4.78, 5) is 22.3. The normalized spacial score (nSPS) is 21.4. The van der Waals surface area contributed by atoms with Crippen molar-refractivity contribution in [2.75, 3.05) is 24.6 Å². The van der Waals surface area contributed by atoms with E-state index in [4.69, 9.17) is 4.74 Å². The summed E-state index contributed by atoms with van der Waals surface area (Å²) in [6.45, 7) is 9.18. The molecule has 0 amide bonds. The maximum absolute atomic E-state index is 12.8. The molecular formula is C29H35N5O2. The lowest BCUT2D eigenvalue weighted by Crippen LogP contribution is -2.57. The van der Waals surface area contributed by atoms with Crippen LogP contribution in [0.5, 0.6) is 5.75 Å². The highest BCUT2D eigenvalue weighted by Gasteiger charge is 2.34. The van der Waals surface area contributed by atoms with E-state index in [0.29, 0.717) is 17.3 Å². The first-order valence-corrected chi connectivity index (χ1v) is 13.1. The van der Waals surface area contributed by atoms with Crippen LogP contribution in [-0.4, -0.2) is 46.2 Å². The number of ether oxygens (including phenoxy) is 1. The molecule has 3 atom stereocenters. The second kappa shape index (κ2) is 9.94. The molecule has 188 valence electrons. The third kappa shape index (κ3) is 4.70. The van der Waals surface area contributed by atoms with Gasteiger partial charge in [0.25, 0.3) is 5.56 Å². The standard InChI is InChI=1S/C29H35N5O2/c1-5-25(22-8-11-24(12-9-22)36-18-21-6-7-21)33-16-20(3)34(17-19(33)2)27-14-28(35)32(4)26-13-10-23(15-30)31-29(26)27/h8-14,19-21,25H,5-7,16-18H2,1-4H3/t19-,20+,25?/m1/s1. The molecule has 2 fully saturated rings. The first-order valence-electron chi connectivity index (χ1n) is 13.1. The first kappa shape index (κ1) is 24.3. The van der Waals surface area contributed by atoms with Crippen molar-refractivity contribution >= 4 is 16.7 Å². The highest BCUT2D eigenvalue weighted by atomic mass is 16.5. The number of nitrogens with zero attached hydrogens (tertiary/aromatic N) is 5. The second-order valence-corrected chi connectivity index (χ2v) is 10.4. The lowest BCUT2D eigenvalue weighted by atomic mass is 9.97. The van der Waals surface area contributed by atoms with Crippen LogP contribution in [0.25, 0.3) is 11.0 Å². The number of hydrogen-bond donors (Lipinski definition) is 0. The highest BCUT2D eigenvalue weighted by Crippen LogP contribution is 2.35. The van der Waals surface area contributed by atoms with E-state index in [1.807, 2.05) is 6.07 Å². The minimum Gasteiger partial charge on any atom is -0.493 e. The Balaban J connectivity index is 1.39. The van der Waals surface area contributed by atoms with E-state index in [-0.39, 0.29) is 17.6 Å². The van der Waals surface area contributed by atoms with Crippen molar-refractivity contribution in [2.24, 2.45) is 13.0 Å². The van der Waals surface area contributed by atoms with Gasteiger partial charge in [0.15, 0.2) is 0 Å². The molecule has 36 heavy (non-hydrogen) atoms. The predicted molar refractivity (Wildman–Crippen MR) is 142 cm³/mol. The van der Waals surface area contributed by atoms with Crippen LogP contribution in [0.2, 0.25) is 0 Å². The number of hydrogen-bond acceptors (Lipinski definition) is 6. The molecule has 1 aromatic carbocycles. The molecule has 5 rings (SSSR count). The number of rotatable bonds is 7. The van der Waals surface area contributed by atoms with Crippen molar-refractivity contribution in [3.63, 3.8) is 0 Å². The minimum atomic E-state index is -0.0679. The predicted octanol–water partition coefficient (Wildman–Crippen LogP) is 4.64. The topological polar surface area (TPSA) is 74.4 Å². The van der Waals surface area contributed by atoms with Crippen LogP contribution in [0.3, 0.4) is 0 Å². The van der Waals surface area contributed by atoms with Crippen LogP contribution < -0.4 is 15.2 Å². The Morgan fingerprint density at radius 1 is 1.11 bits per heavy atom. The van der Waals surface area contributed by atoms with Crippen LogP contribution in [-0.2, 0) is 7.05 Å². The monoisotopic (exact) mass is 485 g/mol. The summed E-state index contributed by atoms with van der Waals surface area (Å²) < 4.78 is 7.54. The van der Waals surface area contributed by atoms with Crippen LogP contribution in [0.1, 0.15) is 57.3 Å². The molecule has 1 unspecified atom stereocenters. The molecule has 2 aromatic heterocycles. The summed E-state index contributed by atoms with van der Waals surface area (Å²) in [7, 11) is 1.75. The molecule has 1 saturated carbocycles. The molecule has 0 N–H and O–H groups in total. The minimum absolute atomic E-state index is 0.0679. The molecule has 7 nitrogen and oxygen atoms in total. The smallest absolute Gasteiger partial charge is 0.252 e. The fourth-order valence-corrected chi connectivity index (χ4v) is 5.46. The average molecular weight is 486 g/mol. The van der Waals surface area contributed by atoms with Crippen molar-refractivity contribution in [3.05, 3.63) is 64.1 Å². The Morgan fingerprint density at radius 3 is 2.53 bits per heavy atom. The van der Waals surface area contributed by atoms with Crippen LogP contribution in [0.15, 0.2) is 47.3 Å². The van der Waals surface area contributed by atoms with Crippen LogP contribution in [0, 0.1) is 17.2 Å². The van der Waals surface area contributed by atoms with Gasteiger partial charge in [-0.1, -0.05) is 19.1 Å². The van der Waals surface area contributed by atoms with E-state index in [1.54, 1.807) is 23.7 Å². The quantitative estimate of drug-likeness (QED) is 0.485. The third-order valence-corrected chi connectivity index (χ3v) is 7.76. The van der Waals surface area contributed by atoms with Crippen LogP contribution in [0.4, 0.5) is 5.69 Å². The van der Waals surface area contributed by atoms with Gasteiger partial charge >= 0.3 is 0 Å². The summed E-state index contributed by atoms with van der Waals surface area (Å²) >= 11 is 0. The molecular weight excluding hydrogens is 450 g/mol. The first-order chi connectivity index (χ1) is 17.4. The van der Waals surface area contributed by atoms with E-state index in [9.17, 15) is 10.1 Å². The zero-order chi connectivity index (χ0) is 25.4. The number of fused-ring (bicyclic) bond motifs is 1. The number of aromatic nitrogens is 2. The van der Waals surface area contributed by atoms with Crippen molar-refractivity contribution in [3.8, 4) is 11.8 Å². The van der Waals surface area contributed by atoms with E-state index in [1.165, 1.54) is 18.4 Å². The summed E-state index contributed by atoms with van der Waals surface area (Å²) in [5.41, 5.74) is 3.86. The molecule has 0 spiro atoms. The van der Waals surface area contributed by atoms with Crippen molar-refractivity contribution in [1.29, 1.82) is 5.26 Å². The number of anilines is 1. The Morgan fingerprint density at radius 2 is 1.86 bits per heavy atom. The SMILES string of the molecule is CCC(c1ccc(OCC2CC2)cc1)N1C[C@H](C)N(c2cc(=O)n(C)c3ccc(C#N)nc23)C[C@H]1C. The van der Waals surface area contributed by atoms with Gasteiger partial charge in [-0.25, -0.2) is 4.98 Å². The van der Waals surface area contributed by atoms with Gasteiger partial charge < -0.3 is 14.2 Å². The van der Waals surface area contributed by atoms with Crippen molar-refractivity contribution in [1.82, 2.24) is 14.5 Å². The molecule has 1 aliphatic carbocycles. The fraction of sp³-hybridized carbons (Fsp3) is 0.483. The molecule has 0 radical (unpaired) electrons. The molecule has 1 saturated heterocycles. The Labute approximate surface area is 212 Å². The zero-order valence-electron chi connectivity index (χ0n) is 21.6. The maximum atomic E-state index is 12.8. The Kier molecular flexibility index (Phi) is 6.72. The van der Waals surface area contributed by atoms with Crippen molar-refractivity contribution < 1.29 is 4.74 Å². The molecule has 1 aliphatic heterocycles. The number of nitriles is 1. The average Bonchev–Trinajstić information content (AvgIpc) is 3.72. The van der Waals surface area contributed by atoms with Gasteiger partial charge in [0, 0.05) is 44.3 Å². The Bertz CT molecular complexity index is 1340. The highest BCUT2D eigenvalue weighted by molar-refractivity contribution is 5.89. The number of benzene rings is 1. The van der Waals surface area contributed by atoms with Gasteiger partial charge in [0.05, 0.1) is 17.8 Å². The maximum Gasteiger partial charge on any atom is 0.252 e. The molecule has 3 aromatic rings. The molecule has 2 aliphatic rings. The van der Waals surface area contributed by atoms with Gasteiger partial charge in [-0.2, -0.15) is 5.26 Å². The zero-order valence-corrected chi connectivity index (χ0v) is 21.6. The summed E-state index contributed by atoms with van der Waals surface area (Å²) in [6.07, 6.45) is 3.60. The summed E-state index contributed by atoms with van der Waals surface area (Å²) in [5, 5.41) is 9.41. The third-order valence-electron chi connectivity index (χ3n) is 7.76. The number of aryl methyl sites for hydroxylation is 1. The summed E-state index contributed by atoms with van der Waals surface area (Å²) in [5.74, 6) is 1.70. The van der Waals surface area contributed by atoms with E-state index < -0.39 is 0 Å². The largest absolute Gasteiger partial charge is 0.493 e. The lowest BCUT2D eigenvalue weighted by molar-refractivity contribution is 0.107. The van der Waals surface area contributed by atoms with Crippen molar-refractivity contribution in [2.45, 2.75) is 58.2 Å². The van der Waals surface area contributed by atoms with E-state index in [2.05, 4.69) is 65.9 Å². The number of pyridine rings is 2. The second-order valence-electron chi connectivity index (χ2n) is 10.4.